The van der Waals surface area contributed by atoms with E-state index in [4.69, 9.17) is 20.9 Å². The zero-order valence-corrected chi connectivity index (χ0v) is 13.9. The number of nitrogens with zero attached hydrogens (tertiary/aromatic N) is 2. The maximum atomic E-state index is 11.8. The standard InChI is InChI=1S/C18H20N4O3/c1-24-7-8-25-17(18(20)23)13-4-2-3-12(9-13)15-10-21-16-6-5-14(19)11-22(15)16/h2-6,9-11,17H,7-8,19H2,1H3,(H2,20,23). The van der Waals surface area contributed by atoms with Gasteiger partial charge in [-0.1, -0.05) is 18.2 Å². The molecule has 0 spiro atoms. The van der Waals surface area contributed by atoms with Gasteiger partial charge in [-0.15, -0.1) is 0 Å². The van der Waals surface area contributed by atoms with E-state index in [9.17, 15) is 4.79 Å². The maximum absolute atomic E-state index is 11.8. The number of fused-ring (bicyclic) bond motifs is 1. The van der Waals surface area contributed by atoms with Crippen molar-refractivity contribution in [3.8, 4) is 11.3 Å². The number of primary amides is 1. The lowest BCUT2D eigenvalue weighted by molar-refractivity contribution is -0.130. The van der Waals surface area contributed by atoms with E-state index in [2.05, 4.69) is 4.98 Å². The summed E-state index contributed by atoms with van der Waals surface area (Å²) in [5, 5.41) is 0. The summed E-state index contributed by atoms with van der Waals surface area (Å²) in [5.41, 5.74) is 15.2. The number of ether oxygens (including phenoxy) is 2. The quantitative estimate of drug-likeness (QED) is 0.638. The van der Waals surface area contributed by atoms with Crippen LogP contribution in [0.4, 0.5) is 5.69 Å². The Morgan fingerprint density at radius 3 is 2.88 bits per heavy atom. The number of carbonyl (C=O) groups excluding carboxylic acids is 1. The van der Waals surface area contributed by atoms with Gasteiger partial charge in [0.25, 0.3) is 5.91 Å². The number of hydrogen-bond donors (Lipinski definition) is 2. The third-order valence-corrected chi connectivity index (χ3v) is 3.84. The molecule has 1 atom stereocenters. The van der Waals surface area contributed by atoms with E-state index in [1.165, 1.54) is 0 Å². The van der Waals surface area contributed by atoms with Crippen LogP contribution in [-0.2, 0) is 14.3 Å². The molecule has 4 N–H and O–H groups in total. The van der Waals surface area contributed by atoms with E-state index in [1.807, 2.05) is 40.9 Å². The number of nitrogens with two attached hydrogens (primary N) is 2. The topological polar surface area (TPSA) is 105 Å². The first-order valence-corrected chi connectivity index (χ1v) is 7.83. The largest absolute Gasteiger partial charge is 0.398 e. The first-order chi connectivity index (χ1) is 12.1. The van der Waals surface area contributed by atoms with Crippen molar-refractivity contribution in [2.45, 2.75) is 6.10 Å². The second-order valence-corrected chi connectivity index (χ2v) is 5.61. The Hall–Kier alpha value is -2.90. The molecular weight excluding hydrogens is 320 g/mol. The van der Waals surface area contributed by atoms with Gasteiger partial charge in [-0.3, -0.25) is 9.20 Å². The summed E-state index contributed by atoms with van der Waals surface area (Å²) in [6.45, 7) is 0.663. The number of pyridine rings is 1. The average molecular weight is 340 g/mol. The van der Waals surface area contributed by atoms with Gasteiger partial charge in [-0.2, -0.15) is 0 Å². The second-order valence-electron chi connectivity index (χ2n) is 5.61. The molecule has 7 nitrogen and oxygen atoms in total. The van der Waals surface area contributed by atoms with Crippen LogP contribution < -0.4 is 11.5 Å². The fourth-order valence-corrected chi connectivity index (χ4v) is 2.66. The highest BCUT2D eigenvalue weighted by Gasteiger charge is 2.19. The second kappa shape index (κ2) is 7.33. The monoisotopic (exact) mass is 340 g/mol. The predicted octanol–water partition coefficient (Wildman–Crippen LogP) is 1.77. The molecule has 1 aromatic carbocycles. The molecule has 25 heavy (non-hydrogen) atoms. The molecule has 0 bridgehead atoms. The van der Waals surface area contributed by atoms with Gasteiger partial charge in [0.1, 0.15) is 5.65 Å². The van der Waals surface area contributed by atoms with Gasteiger partial charge < -0.3 is 20.9 Å². The Morgan fingerprint density at radius 2 is 2.12 bits per heavy atom. The van der Waals surface area contributed by atoms with Crippen molar-refractivity contribution < 1.29 is 14.3 Å². The van der Waals surface area contributed by atoms with Crippen LogP contribution in [0.1, 0.15) is 11.7 Å². The van der Waals surface area contributed by atoms with Crippen molar-refractivity contribution in [2.24, 2.45) is 5.73 Å². The van der Waals surface area contributed by atoms with E-state index >= 15 is 0 Å². The van der Waals surface area contributed by atoms with Gasteiger partial charge in [0, 0.05) is 24.6 Å². The third-order valence-electron chi connectivity index (χ3n) is 3.84. The molecule has 0 aliphatic rings. The minimum atomic E-state index is -0.834. The molecule has 0 radical (unpaired) electrons. The molecule has 3 rings (SSSR count). The highest BCUT2D eigenvalue weighted by atomic mass is 16.5. The average Bonchev–Trinajstić information content (AvgIpc) is 3.01. The van der Waals surface area contributed by atoms with Crippen molar-refractivity contribution >= 4 is 17.2 Å². The van der Waals surface area contributed by atoms with Crippen molar-refractivity contribution in [2.75, 3.05) is 26.1 Å². The zero-order valence-electron chi connectivity index (χ0n) is 13.9. The van der Waals surface area contributed by atoms with E-state index in [0.717, 1.165) is 16.9 Å². The lowest BCUT2D eigenvalue weighted by atomic mass is 10.0. The van der Waals surface area contributed by atoms with Crippen LogP contribution in [0.5, 0.6) is 0 Å². The number of anilines is 1. The molecule has 2 aromatic heterocycles. The summed E-state index contributed by atoms with van der Waals surface area (Å²) in [7, 11) is 1.57. The molecule has 0 fully saturated rings. The van der Waals surface area contributed by atoms with Gasteiger partial charge in [-0.25, -0.2) is 4.98 Å². The van der Waals surface area contributed by atoms with E-state index in [-0.39, 0.29) is 6.61 Å². The van der Waals surface area contributed by atoms with Crippen LogP contribution in [0.25, 0.3) is 16.9 Å². The highest BCUT2D eigenvalue weighted by molar-refractivity contribution is 5.81. The Bertz CT molecular complexity index is 891. The fraction of sp³-hybridized carbons (Fsp3) is 0.222. The van der Waals surface area contributed by atoms with Gasteiger partial charge in [-0.05, 0) is 23.8 Å². The molecule has 0 saturated carbocycles. The number of aromatic nitrogens is 2. The Kier molecular flexibility index (Phi) is 4.97. The van der Waals surface area contributed by atoms with E-state index in [0.29, 0.717) is 17.9 Å². The van der Waals surface area contributed by atoms with Crippen molar-refractivity contribution in [3.05, 3.63) is 54.4 Å². The van der Waals surface area contributed by atoms with Gasteiger partial charge in [0.15, 0.2) is 6.10 Å². The van der Waals surface area contributed by atoms with Crippen LogP contribution in [0.2, 0.25) is 0 Å². The SMILES string of the molecule is COCCOC(C(N)=O)c1cccc(-c2cnc3ccc(N)cn23)c1. The first kappa shape index (κ1) is 16.9. The molecule has 130 valence electrons. The molecule has 0 aliphatic heterocycles. The van der Waals surface area contributed by atoms with Gasteiger partial charge in [0.05, 0.1) is 25.1 Å². The molecule has 1 amide bonds. The predicted molar refractivity (Wildman–Crippen MR) is 94.8 cm³/mol. The zero-order chi connectivity index (χ0) is 17.8. The third kappa shape index (κ3) is 3.62. The number of nitrogen functional groups attached to an aromatic ring is 1. The summed E-state index contributed by atoms with van der Waals surface area (Å²) in [6.07, 6.45) is 2.74. The van der Waals surface area contributed by atoms with Crippen LogP contribution in [-0.4, -0.2) is 35.6 Å². The molecule has 0 saturated heterocycles. The Labute approximate surface area is 145 Å². The number of methoxy groups -OCH3 is 1. The van der Waals surface area contributed by atoms with Crippen molar-refractivity contribution in [1.29, 1.82) is 0 Å². The normalized spacial score (nSPS) is 12.4. The van der Waals surface area contributed by atoms with Crippen LogP contribution >= 0.6 is 0 Å². The summed E-state index contributed by atoms with van der Waals surface area (Å²) in [5.74, 6) is -0.546. The number of carbonyl (C=O) groups is 1. The molecule has 1 unspecified atom stereocenters. The summed E-state index contributed by atoms with van der Waals surface area (Å²) < 4.78 is 12.4. The highest BCUT2D eigenvalue weighted by Crippen LogP contribution is 2.26. The molecule has 7 heteroatoms. The maximum Gasteiger partial charge on any atom is 0.251 e. The van der Waals surface area contributed by atoms with Crippen LogP contribution in [0.3, 0.4) is 0 Å². The fourth-order valence-electron chi connectivity index (χ4n) is 2.66. The van der Waals surface area contributed by atoms with E-state index in [1.54, 1.807) is 19.4 Å². The van der Waals surface area contributed by atoms with Gasteiger partial charge >= 0.3 is 0 Å². The molecule has 0 aliphatic carbocycles. The van der Waals surface area contributed by atoms with Crippen LogP contribution in [0.15, 0.2) is 48.8 Å². The number of hydrogen-bond acceptors (Lipinski definition) is 5. The first-order valence-electron chi connectivity index (χ1n) is 7.83. The number of amides is 1. The number of rotatable bonds is 7. The van der Waals surface area contributed by atoms with Crippen molar-refractivity contribution in [1.82, 2.24) is 9.38 Å². The Morgan fingerprint density at radius 1 is 1.28 bits per heavy atom. The lowest BCUT2D eigenvalue weighted by Gasteiger charge is -2.15. The molecule has 3 aromatic rings. The number of benzene rings is 1. The minimum absolute atomic E-state index is 0.278. The summed E-state index contributed by atoms with van der Waals surface area (Å²) in [4.78, 5) is 16.1. The van der Waals surface area contributed by atoms with Crippen LogP contribution in [0, 0.1) is 0 Å². The number of imidazole rings is 1. The molecular formula is C18H20N4O3. The van der Waals surface area contributed by atoms with Crippen molar-refractivity contribution in [3.63, 3.8) is 0 Å². The smallest absolute Gasteiger partial charge is 0.251 e. The molecule has 2 heterocycles. The Balaban J connectivity index is 1.97. The van der Waals surface area contributed by atoms with E-state index < -0.39 is 12.0 Å². The lowest BCUT2D eigenvalue weighted by Crippen LogP contribution is -2.25. The summed E-state index contributed by atoms with van der Waals surface area (Å²) >= 11 is 0. The summed E-state index contributed by atoms with van der Waals surface area (Å²) in [6, 6.07) is 11.1. The minimum Gasteiger partial charge on any atom is -0.398 e. The van der Waals surface area contributed by atoms with Gasteiger partial charge in [0.2, 0.25) is 0 Å².